The van der Waals surface area contributed by atoms with Crippen LogP contribution in [0.25, 0.3) is 142 Å². The van der Waals surface area contributed by atoms with Gasteiger partial charge in [0.25, 0.3) is 0 Å². The molecule has 11 aromatic carbocycles. The van der Waals surface area contributed by atoms with Crippen LogP contribution in [0.3, 0.4) is 0 Å². The molecule has 4 aromatic heterocycles. The zero-order chi connectivity index (χ0) is 52.4. The molecule has 0 radical (unpaired) electrons. The largest absolute Gasteiger partial charge is 0.415 e. The number of rotatable bonds is 6. The Kier molecular flexibility index (Phi) is 9.75. The minimum absolute atomic E-state index is 0.125. The zero-order valence-electron chi connectivity index (χ0n) is 41.3. The van der Waals surface area contributed by atoms with Gasteiger partial charge in [-0.05, 0) is 125 Å². The molecule has 0 bridgehead atoms. The Balaban J connectivity index is 1.04. The predicted molar refractivity (Wildman–Crippen MR) is 312 cm³/mol. The maximum absolute atomic E-state index is 14.2. The van der Waals surface area contributed by atoms with E-state index in [1.54, 1.807) is 0 Å². The van der Waals surface area contributed by atoms with Crippen LogP contribution in [0.4, 0.5) is 24.5 Å². The number of benzene rings is 11. The lowest BCUT2D eigenvalue weighted by molar-refractivity contribution is -0.137. The van der Waals surface area contributed by atoms with Gasteiger partial charge in [0, 0.05) is 65.7 Å². The van der Waals surface area contributed by atoms with E-state index in [1.165, 1.54) is 6.07 Å². The van der Waals surface area contributed by atoms with Crippen LogP contribution in [0.15, 0.2) is 237 Å². The summed E-state index contributed by atoms with van der Waals surface area (Å²) in [6, 6.07) is 78.5. The van der Waals surface area contributed by atoms with Gasteiger partial charge in [0.15, 0.2) is 11.4 Å². The van der Waals surface area contributed by atoms with Crippen molar-refractivity contribution in [2.45, 2.75) is 6.18 Å². The molecule has 15 aromatic rings. The Labute approximate surface area is 444 Å². The van der Waals surface area contributed by atoms with Crippen LogP contribution in [0.5, 0.6) is 0 Å². The molecule has 0 spiro atoms. The number of hydrogen-bond acceptors (Lipinski definition) is 0. The second kappa shape index (κ2) is 17.0. The molecule has 6 nitrogen and oxygen atoms in total. The monoisotopic (exact) mass is 1010 g/mol. The summed E-state index contributed by atoms with van der Waals surface area (Å²) >= 11 is 0. The van der Waals surface area contributed by atoms with Gasteiger partial charge in [0.05, 0.1) is 63.0 Å². The number of fused-ring (bicyclic) bond motifs is 12. The summed E-state index contributed by atoms with van der Waals surface area (Å²) in [5.74, 6) is 0. The highest BCUT2D eigenvalue weighted by Gasteiger charge is 2.31. The molecule has 0 aliphatic rings. The third kappa shape index (κ3) is 6.62. The highest BCUT2D eigenvalue weighted by atomic mass is 19.4. The van der Waals surface area contributed by atoms with Crippen molar-refractivity contribution in [2.24, 2.45) is 0 Å². The molecular formula is C69H39F3N6. The van der Waals surface area contributed by atoms with E-state index in [0.29, 0.717) is 27.9 Å². The molecule has 366 valence electrons. The molecule has 0 amide bonds. The van der Waals surface area contributed by atoms with E-state index in [1.807, 2.05) is 72.8 Å². The van der Waals surface area contributed by atoms with Crippen LogP contribution in [0.2, 0.25) is 0 Å². The van der Waals surface area contributed by atoms with Crippen LogP contribution in [-0.2, 0) is 6.18 Å². The number of halogens is 3. The SMILES string of the molecule is [C-]#[N+]c1cc(C(F)(F)F)ccc1-c1ccc(-n2c3ccccc3c3cc4c5ccccc5n(-c5ccccc5)c4cc32)c(-c2cc(-n3c4ccccc4c4cc5c6ccccc6n(-c6ccccc6)c5cc43)ccc2[N+]#[C-])c1. The third-order valence-corrected chi connectivity index (χ3v) is 15.6. The highest BCUT2D eigenvalue weighted by molar-refractivity contribution is 6.21. The minimum atomic E-state index is -4.64. The molecule has 4 heterocycles. The fraction of sp³-hybridized carbons (Fsp3) is 0.0145. The lowest BCUT2D eigenvalue weighted by Crippen LogP contribution is -2.04. The number of hydrogen-bond donors (Lipinski definition) is 0. The van der Waals surface area contributed by atoms with Gasteiger partial charge in [-0.15, -0.1) is 0 Å². The van der Waals surface area contributed by atoms with Crippen molar-refractivity contribution in [1.29, 1.82) is 0 Å². The average molecular weight is 1010 g/mol. The maximum atomic E-state index is 14.2. The maximum Gasteiger partial charge on any atom is 0.415 e. The molecule has 0 N–H and O–H groups in total. The van der Waals surface area contributed by atoms with Crippen LogP contribution in [0, 0.1) is 13.1 Å². The first-order chi connectivity index (χ1) is 38.2. The van der Waals surface area contributed by atoms with E-state index in [-0.39, 0.29) is 5.69 Å². The third-order valence-electron chi connectivity index (χ3n) is 15.6. The number of para-hydroxylation sites is 6. The summed E-state index contributed by atoms with van der Waals surface area (Å²) in [4.78, 5) is 7.83. The van der Waals surface area contributed by atoms with Crippen LogP contribution in [0.1, 0.15) is 5.56 Å². The summed E-state index contributed by atoms with van der Waals surface area (Å²) < 4.78 is 51.7. The average Bonchev–Trinajstić information content (AvgIpc) is 4.31. The van der Waals surface area contributed by atoms with Gasteiger partial charge < -0.3 is 18.3 Å². The van der Waals surface area contributed by atoms with E-state index in [2.05, 4.69) is 174 Å². The number of aromatic nitrogens is 4. The summed E-state index contributed by atoms with van der Waals surface area (Å²) in [5, 5.41) is 8.71. The van der Waals surface area contributed by atoms with Crippen molar-refractivity contribution in [2.75, 3.05) is 0 Å². The van der Waals surface area contributed by atoms with Gasteiger partial charge in [-0.25, -0.2) is 9.69 Å². The van der Waals surface area contributed by atoms with Crippen molar-refractivity contribution in [3.05, 3.63) is 265 Å². The Morgan fingerprint density at radius 2 is 0.731 bits per heavy atom. The topological polar surface area (TPSA) is 28.4 Å². The molecule has 0 unspecified atom stereocenters. The molecule has 0 fully saturated rings. The van der Waals surface area contributed by atoms with Crippen molar-refractivity contribution < 1.29 is 13.2 Å². The molecule has 0 aliphatic carbocycles. The second-order valence-corrected chi connectivity index (χ2v) is 19.7. The van der Waals surface area contributed by atoms with Crippen molar-refractivity contribution in [3.63, 3.8) is 0 Å². The van der Waals surface area contributed by atoms with Gasteiger partial charge in [-0.2, -0.15) is 13.2 Å². The lowest BCUT2D eigenvalue weighted by atomic mass is 9.94. The molecule has 9 heteroatoms. The first-order valence-electron chi connectivity index (χ1n) is 25.5. The van der Waals surface area contributed by atoms with Crippen molar-refractivity contribution >= 4 is 98.6 Å². The van der Waals surface area contributed by atoms with Crippen molar-refractivity contribution in [1.82, 2.24) is 18.3 Å². The quantitative estimate of drug-likeness (QED) is 0.149. The summed E-state index contributed by atoms with van der Waals surface area (Å²) in [5.41, 5.74) is 13.2. The van der Waals surface area contributed by atoms with Gasteiger partial charge in [-0.3, -0.25) is 0 Å². The Hall–Kier alpha value is -10.6. The lowest BCUT2D eigenvalue weighted by Gasteiger charge is -2.19. The predicted octanol–water partition coefficient (Wildman–Crippen LogP) is 19.5. The fourth-order valence-electron chi connectivity index (χ4n) is 12.2. The van der Waals surface area contributed by atoms with Crippen LogP contribution in [-0.4, -0.2) is 18.3 Å². The molecule has 0 saturated carbocycles. The van der Waals surface area contributed by atoms with Crippen LogP contribution < -0.4 is 0 Å². The zero-order valence-corrected chi connectivity index (χ0v) is 41.3. The van der Waals surface area contributed by atoms with E-state index in [4.69, 9.17) is 13.1 Å². The standard InChI is InChI=1S/C69H39F3N6/c1-73-58-33-31-46(77-62-27-15-11-23-50(62)56-38-54-48-21-9-13-25-60(48)75(65(54)40-67(56)77)44-17-5-3-6-18-44)37-52(58)53-35-42(47-32-30-43(69(70,71)72)36-59(47)74-2)29-34-64(53)78-63-28-16-12-24-51(63)57-39-55-49-22-10-14-26-61(49)76(66(55)41-68(57)78)45-19-7-4-8-20-45/h3-41H. The van der Waals surface area contributed by atoms with Gasteiger partial charge in [-0.1, -0.05) is 133 Å². The van der Waals surface area contributed by atoms with E-state index >= 15 is 0 Å². The highest BCUT2D eigenvalue weighted by Crippen LogP contribution is 2.47. The molecule has 15 rings (SSSR count). The van der Waals surface area contributed by atoms with E-state index in [9.17, 15) is 13.2 Å². The second-order valence-electron chi connectivity index (χ2n) is 19.7. The molecule has 0 aliphatic heterocycles. The normalized spacial score (nSPS) is 12.0. The molecule has 78 heavy (non-hydrogen) atoms. The summed E-state index contributed by atoms with van der Waals surface area (Å²) in [6.45, 7) is 16.9. The Bertz CT molecular complexity index is 5100. The first kappa shape index (κ1) is 44.8. The van der Waals surface area contributed by atoms with Gasteiger partial charge >= 0.3 is 6.18 Å². The smallest absolute Gasteiger partial charge is 0.309 e. The van der Waals surface area contributed by atoms with Crippen LogP contribution >= 0.6 is 0 Å². The van der Waals surface area contributed by atoms with E-state index < -0.39 is 11.7 Å². The van der Waals surface area contributed by atoms with E-state index in [0.717, 1.165) is 122 Å². The Morgan fingerprint density at radius 3 is 1.21 bits per heavy atom. The van der Waals surface area contributed by atoms with Crippen molar-refractivity contribution in [3.8, 4) is 45.0 Å². The van der Waals surface area contributed by atoms with Gasteiger partial charge in [0.1, 0.15) is 0 Å². The fourth-order valence-corrected chi connectivity index (χ4v) is 12.2. The number of alkyl halides is 3. The molecule has 0 atom stereocenters. The molecular weight excluding hydrogens is 970 g/mol. The molecule has 0 saturated heterocycles. The van der Waals surface area contributed by atoms with Gasteiger partial charge in [0.2, 0.25) is 0 Å². The minimum Gasteiger partial charge on any atom is -0.309 e. The Morgan fingerprint density at radius 1 is 0.295 bits per heavy atom. The summed E-state index contributed by atoms with van der Waals surface area (Å²) in [7, 11) is 0. The summed E-state index contributed by atoms with van der Waals surface area (Å²) in [6.07, 6.45) is -4.64. The first-order valence-corrected chi connectivity index (χ1v) is 25.5. The number of nitrogens with zero attached hydrogens (tertiary/aromatic N) is 6.